The molecule has 2 nitrogen and oxygen atoms in total. The van der Waals surface area contributed by atoms with Gasteiger partial charge >= 0.3 is 0 Å². The zero-order chi connectivity index (χ0) is 7.68. The molecule has 2 rings (SSSR count). The molecule has 1 aliphatic carbocycles. The highest BCUT2D eigenvalue weighted by Gasteiger charge is 2.20. The van der Waals surface area contributed by atoms with Gasteiger partial charge in [-0.2, -0.15) is 0 Å². The van der Waals surface area contributed by atoms with E-state index in [0.717, 1.165) is 6.54 Å². The van der Waals surface area contributed by atoms with Gasteiger partial charge in [-0.15, -0.1) is 0 Å². The van der Waals surface area contributed by atoms with E-state index in [9.17, 15) is 0 Å². The summed E-state index contributed by atoms with van der Waals surface area (Å²) in [6, 6.07) is 0.775. The Bertz CT molecular complexity index is 238. The third-order valence-corrected chi connectivity index (χ3v) is 2.07. The lowest BCUT2D eigenvalue weighted by Crippen LogP contribution is -2.44. The normalized spacial score (nSPS) is 34.8. The predicted octanol–water partition coefficient (Wildman–Crippen LogP) is 0.914. The second-order valence-electron chi connectivity index (χ2n) is 3.03. The fourth-order valence-corrected chi connectivity index (χ4v) is 1.47. The Hall–Kier alpha value is -0.890. The SMILES string of the molecule is CC1=NC2C=CC=CC2NC1. The number of allylic oxidation sites excluding steroid dienone is 2. The molecule has 2 atom stereocenters. The second kappa shape index (κ2) is 2.62. The van der Waals surface area contributed by atoms with Crippen LogP contribution in [-0.2, 0) is 0 Å². The molecule has 2 heteroatoms. The van der Waals surface area contributed by atoms with Crippen LogP contribution >= 0.6 is 0 Å². The quantitative estimate of drug-likeness (QED) is 0.542. The van der Waals surface area contributed by atoms with Crippen molar-refractivity contribution in [2.75, 3.05) is 6.54 Å². The van der Waals surface area contributed by atoms with Crippen molar-refractivity contribution in [3.05, 3.63) is 24.3 Å². The van der Waals surface area contributed by atoms with E-state index in [-0.39, 0.29) is 0 Å². The molecule has 1 heterocycles. The maximum Gasteiger partial charge on any atom is 0.0871 e. The lowest BCUT2D eigenvalue weighted by atomic mass is 10.0. The van der Waals surface area contributed by atoms with Gasteiger partial charge < -0.3 is 5.32 Å². The minimum atomic E-state index is 0.341. The van der Waals surface area contributed by atoms with Crippen molar-refractivity contribution >= 4 is 5.71 Å². The zero-order valence-electron chi connectivity index (χ0n) is 6.62. The van der Waals surface area contributed by atoms with Crippen molar-refractivity contribution in [2.45, 2.75) is 19.0 Å². The molecule has 2 aliphatic rings. The molecule has 0 saturated carbocycles. The number of hydrogen-bond donors (Lipinski definition) is 1. The molecule has 0 amide bonds. The first-order chi connectivity index (χ1) is 5.36. The first kappa shape index (κ1) is 6.80. The highest BCUT2D eigenvalue weighted by atomic mass is 15.0. The lowest BCUT2D eigenvalue weighted by Gasteiger charge is -2.27. The average Bonchev–Trinajstić information content (AvgIpc) is 2.04. The molecule has 0 aromatic heterocycles. The summed E-state index contributed by atoms with van der Waals surface area (Å²) >= 11 is 0. The van der Waals surface area contributed by atoms with Crippen molar-refractivity contribution < 1.29 is 0 Å². The van der Waals surface area contributed by atoms with Gasteiger partial charge in [0.25, 0.3) is 0 Å². The average molecular weight is 148 g/mol. The number of aliphatic imine (C=N–C) groups is 1. The minimum Gasteiger partial charge on any atom is -0.303 e. The first-order valence-electron chi connectivity index (χ1n) is 3.98. The molecular formula is C9H12N2. The van der Waals surface area contributed by atoms with Crippen LogP contribution in [0.5, 0.6) is 0 Å². The number of rotatable bonds is 0. The Kier molecular flexibility index (Phi) is 1.62. The zero-order valence-corrected chi connectivity index (χ0v) is 6.62. The molecule has 58 valence electrons. The minimum absolute atomic E-state index is 0.341. The van der Waals surface area contributed by atoms with Gasteiger partial charge in [-0.05, 0) is 6.92 Å². The summed E-state index contributed by atoms with van der Waals surface area (Å²) in [4.78, 5) is 4.52. The maximum absolute atomic E-state index is 4.52. The van der Waals surface area contributed by atoms with Crippen molar-refractivity contribution in [3.63, 3.8) is 0 Å². The Balaban J connectivity index is 2.22. The molecule has 0 spiro atoms. The van der Waals surface area contributed by atoms with Crippen molar-refractivity contribution in [1.29, 1.82) is 0 Å². The van der Waals surface area contributed by atoms with E-state index in [2.05, 4.69) is 41.5 Å². The van der Waals surface area contributed by atoms with Gasteiger partial charge in [0.05, 0.1) is 12.1 Å². The van der Waals surface area contributed by atoms with E-state index in [1.54, 1.807) is 0 Å². The van der Waals surface area contributed by atoms with Crippen LogP contribution in [0, 0.1) is 0 Å². The van der Waals surface area contributed by atoms with Crippen LogP contribution < -0.4 is 5.32 Å². The van der Waals surface area contributed by atoms with Crippen LogP contribution in [0.25, 0.3) is 0 Å². The smallest absolute Gasteiger partial charge is 0.0871 e. The lowest BCUT2D eigenvalue weighted by molar-refractivity contribution is 0.556. The largest absolute Gasteiger partial charge is 0.303 e. The summed E-state index contributed by atoms with van der Waals surface area (Å²) in [5, 5.41) is 3.40. The van der Waals surface area contributed by atoms with E-state index in [1.807, 2.05) is 0 Å². The topological polar surface area (TPSA) is 24.4 Å². The molecule has 0 saturated heterocycles. The molecule has 2 unspecified atom stereocenters. The fourth-order valence-electron chi connectivity index (χ4n) is 1.47. The van der Waals surface area contributed by atoms with Crippen LogP contribution in [0.15, 0.2) is 29.3 Å². The summed E-state index contributed by atoms with van der Waals surface area (Å²) in [6.45, 7) is 2.99. The Labute approximate surface area is 66.7 Å². The molecule has 0 aromatic rings. The summed E-state index contributed by atoms with van der Waals surface area (Å²) in [6.07, 6.45) is 8.44. The van der Waals surface area contributed by atoms with Gasteiger partial charge in [0.1, 0.15) is 0 Å². The molecule has 11 heavy (non-hydrogen) atoms. The molecule has 0 bridgehead atoms. The monoisotopic (exact) mass is 148 g/mol. The van der Waals surface area contributed by atoms with E-state index in [0.29, 0.717) is 12.1 Å². The third-order valence-electron chi connectivity index (χ3n) is 2.07. The number of nitrogens with zero attached hydrogens (tertiary/aromatic N) is 1. The molecule has 0 aromatic carbocycles. The van der Waals surface area contributed by atoms with Crippen LogP contribution in [0.4, 0.5) is 0 Å². The summed E-state index contributed by atoms with van der Waals surface area (Å²) in [7, 11) is 0. The molecular weight excluding hydrogens is 136 g/mol. The van der Waals surface area contributed by atoms with Crippen molar-refractivity contribution in [3.8, 4) is 0 Å². The van der Waals surface area contributed by atoms with Gasteiger partial charge in [0.2, 0.25) is 0 Å². The van der Waals surface area contributed by atoms with Crippen LogP contribution in [0.2, 0.25) is 0 Å². The van der Waals surface area contributed by atoms with E-state index in [4.69, 9.17) is 0 Å². The predicted molar refractivity (Wildman–Crippen MR) is 47.0 cm³/mol. The van der Waals surface area contributed by atoms with Gasteiger partial charge in [-0.25, -0.2) is 0 Å². The standard InChI is InChI=1S/C9H12N2/c1-7-6-10-8-4-2-3-5-9(8)11-7/h2-5,8-10H,6H2,1H3. The Morgan fingerprint density at radius 1 is 1.45 bits per heavy atom. The van der Waals surface area contributed by atoms with E-state index in [1.165, 1.54) is 5.71 Å². The van der Waals surface area contributed by atoms with Crippen molar-refractivity contribution in [2.24, 2.45) is 4.99 Å². The van der Waals surface area contributed by atoms with Gasteiger partial charge in [0, 0.05) is 12.3 Å². The van der Waals surface area contributed by atoms with Crippen molar-refractivity contribution in [1.82, 2.24) is 5.32 Å². The molecule has 0 fully saturated rings. The van der Waals surface area contributed by atoms with Crippen LogP contribution in [-0.4, -0.2) is 24.3 Å². The van der Waals surface area contributed by atoms with Crippen LogP contribution in [0.1, 0.15) is 6.92 Å². The number of hydrogen-bond acceptors (Lipinski definition) is 2. The highest BCUT2D eigenvalue weighted by molar-refractivity contribution is 5.85. The van der Waals surface area contributed by atoms with Gasteiger partial charge in [-0.1, -0.05) is 24.3 Å². The highest BCUT2D eigenvalue weighted by Crippen LogP contribution is 2.11. The fraction of sp³-hybridized carbons (Fsp3) is 0.444. The van der Waals surface area contributed by atoms with E-state index >= 15 is 0 Å². The summed E-state index contributed by atoms with van der Waals surface area (Å²) < 4.78 is 0. The summed E-state index contributed by atoms with van der Waals surface area (Å²) in [5.41, 5.74) is 1.20. The van der Waals surface area contributed by atoms with Gasteiger partial charge in [-0.3, -0.25) is 4.99 Å². The Morgan fingerprint density at radius 3 is 3.18 bits per heavy atom. The third kappa shape index (κ3) is 1.26. The Morgan fingerprint density at radius 2 is 2.27 bits per heavy atom. The second-order valence-corrected chi connectivity index (χ2v) is 3.03. The summed E-state index contributed by atoms with van der Waals surface area (Å²) in [5.74, 6) is 0. The molecule has 1 N–H and O–H groups in total. The first-order valence-corrected chi connectivity index (χ1v) is 3.98. The van der Waals surface area contributed by atoms with Gasteiger partial charge in [0.15, 0.2) is 0 Å². The number of nitrogens with one attached hydrogen (secondary N) is 1. The molecule has 1 aliphatic heterocycles. The number of fused-ring (bicyclic) bond motifs is 1. The maximum atomic E-state index is 4.52. The molecule has 0 radical (unpaired) electrons. The van der Waals surface area contributed by atoms with E-state index < -0.39 is 0 Å². The van der Waals surface area contributed by atoms with Crippen LogP contribution in [0.3, 0.4) is 0 Å².